The molecule has 1 saturated carbocycles. The number of benzene rings is 2. The van der Waals surface area contributed by atoms with Crippen LogP contribution in [-0.4, -0.2) is 30.0 Å². The molecule has 2 aromatic carbocycles. The Labute approximate surface area is 178 Å². The van der Waals surface area contributed by atoms with Gasteiger partial charge in [0, 0.05) is 0 Å². The molecule has 1 fully saturated rings. The van der Waals surface area contributed by atoms with Crippen molar-refractivity contribution in [3.63, 3.8) is 0 Å². The van der Waals surface area contributed by atoms with Crippen LogP contribution in [0.15, 0.2) is 48.5 Å². The fraction of sp³-hybridized carbons (Fsp3) is 0.381. The van der Waals surface area contributed by atoms with Crippen molar-refractivity contribution in [3.8, 4) is 5.75 Å². The third kappa shape index (κ3) is 5.32. The van der Waals surface area contributed by atoms with Crippen LogP contribution in [0.25, 0.3) is 0 Å². The molecule has 0 aromatic heterocycles. The maximum Gasteiger partial charge on any atom is 0.422 e. The Morgan fingerprint density at radius 1 is 1.03 bits per heavy atom. The Bertz CT molecular complexity index is 969. The largest absolute Gasteiger partial charge is 0.484 e. The van der Waals surface area contributed by atoms with E-state index in [2.05, 4.69) is 10.1 Å². The molecule has 1 amide bonds. The minimum absolute atomic E-state index is 0.113. The number of aliphatic hydroxyl groups is 1. The standard InChI is InChI=1S/C21H18F7NO3/c22-15-6-4-13(5-7-15)19(31,21(26,27)28)11-17(30)29-18(8-9-18)14-2-1-3-16(10-14)32-12-20(23,24)25/h1-7,10,31H,8-9,11-12H2,(H,29,30)/t19-/m1/s1. The van der Waals surface area contributed by atoms with Gasteiger partial charge in [-0.1, -0.05) is 24.3 Å². The molecule has 0 saturated heterocycles. The first kappa shape index (κ1) is 23.8. The summed E-state index contributed by atoms with van der Waals surface area (Å²) in [6.45, 7) is -1.52. The number of nitrogens with one attached hydrogen (secondary N) is 1. The van der Waals surface area contributed by atoms with E-state index in [1.54, 1.807) is 0 Å². The topological polar surface area (TPSA) is 58.6 Å². The van der Waals surface area contributed by atoms with E-state index in [0.29, 0.717) is 18.4 Å². The van der Waals surface area contributed by atoms with Crippen molar-refractivity contribution in [3.05, 3.63) is 65.5 Å². The molecule has 2 aromatic rings. The number of carbonyl (C=O) groups excluding carboxylic acids is 1. The lowest BCUT2D eigenvalue weighted by molar-refractivity contribution is -0.267. The molecule has 1 atom stereocenters. The minimum Gasteiger partial charge on any atom is -0.484 e. The molecule has 174 valence electrons. The molecular weight excluding hydrogens is 447 g/mol. The molecule has 0 radical (unpaired) electrons. The summed E-state index contributed by atoms with van der Waals surface area (Å²) in [4.78, 5) is 12.5. The van der Waals surface area contributed by atoms with Gasteiger partial charge in [0.25, 0.3) is 0 Å². The van der Waals surface area contributed by atoms with Crippen molar-refractivity contribution >= 4 is 5.91 Å². The summed E-state index contributed by atoms with van der Waals surface area (Å²) < 4.78 is 95.7. The zero-order valence-electron chi connectivity index (χ0n) is 16.4. The SMILES string of the molecule is O=C(C[C@@](O)(c1ccc(F)cc1)C(F)(F)F)NC1(c2cccc(OCC(F)(F)F)c2)CC1. The number of amides is 1. The normalized spacial score (nSPS) is 17.4. The fourth-order valence-electron chi connectivity index (χ4n) is 3.29. The summed E-state index contributed by atoms with van der Waals surface area (Å²) in [5, 5.41) is 12.8. The van der Waals surface area contributed by atoms with Crippen molar-refractivity contribution < 1.29 is 45.4 Å². The highest BCUT2D eigenvalue weighted by atomic mass is 19.4. The van der Waals surface area contributed by atoms with Gasteiger partial charge in [-0.25, -0.2) is 4.39 Å². The third-order valence-corrected chi connectivity index (χ3v) is 5.12. The van der Waals surface area contributed by atoms with Gasteiger partial charge in [-0.05, 0) is 48.2 Å². The lowest BCUT2D eigenvalue weighted by atomic mass is 9.89. The maximum absolute atomic E-state index is 13.6. The third-order valence-electron chi connectivity index (χ3n) is 5.12. The second kappa shape index (κ2) is 8.27. The van der Waals surface area contributed by atoms with Crippen LogP contribution < -0.4 is 10.1 Å². The molecule has 3 rings (SSSR count). The summed E-state index contributed by atoms with van der Waals surface area (Å²) in [5.41, 5.74) is -4.97. The lowest BCUT2D eigenvalue weighted by Gasteiger charge is -2.31. The van der Waals surface area contributed by atoms with Gasteiger partial charge < -0.3 is 15.2 Å². The van der Waals surface area contributed by atoms with Gasteiger partial charge in [0.05, 0.1) is 12.0 Å². The fourth-order valence-corrected chi connectivity index (χ4v) is 3.29. The molecule has 11 heteroatoms. The van der Waals surface area contributed by atoms with Gasteiger partial charge in [-0.15, -0.1) is 0 Å². The van der Waals surface area contributed by atoms with E-state index in [4.69, 9.17) is 0 Å². The smallest absolute Gasteiger partial charge is 0.422 e. The van der Waals surface area contributed by atoms with Crippen LogP contribution in [0.4, 0.5) is 30.7 Å². The van der Waals surface area contributed by atoms with Crippen molar-refractivity contribution in [1.82, 2.24) is 5.32 Å². The van der Waals surface area contributed by atoms with Crippen LogP contribution in [0, 0.1) is 5.82 Å². The van der Waals surface area contributed by atoms with Crippen LogP contribution in [-0.2, 0) is 15.9 Å². The predicted octanol–water partition coefficient (Wildman–Crippen LogP) is 4.71. The molecule has 4 nitrogen and oxygen atoms in total. The average molecular weight is 465 g/mol. The Kier molecular flexibility index (Phi) is 6.16. The summed E-state index contributed by atoms with van der Waals surface area (Å²) in [5.74, 6) is -2.06. The van der Waals surface area contributed by atoms with Crippen LogP contribution in [0.5, 0.6) is 5.75 Å². The maximum atomic E-state index is 13.6. The molecule has 0 heterocycles. The number of carbonyl (C=O) groups is 1. The second-order valence-electron chi connectivity index (χ2n) is 7.60. The highest BCUT2D eigenvalue weighted by Crippen LogP contribution is 2.47. The van der Waals surface area contributed by atoms with Gasteiger partial charge in [0.2, 0.25) is 5.91 Å². The Morgan fingerprint density at radius 2 is 1.66 bits per heavy atom. The molecular formula is C21H18F7NO3. The molecule has 0 unspecified atom stereocenters. The van der Waals surface area contributed by atoms with Crippen molar-refractivity contribution in [1.29, 1.82) is 0 Å². The number of hydrogen-bond acceptors (Lipinski definition) is 3. The Morgan fingerprint density at radius 3 is 2.19 bits per heavy atom. The zero-order chi connectivity index (χ0) is 23.8. The van der Waals surface area contributed by atoms with Crippen molar-refractivity contribution in [2.75, 3.05) is 6.61 Å². The number of halogens is 7. The number of ether oxygens (including phenoxy) is 1. The van der Waals surface area contributed by atoms with Gasteiger partial charge >= 0.3 is 12.4 Å². The van der Waals surface area contributed by atoms with E-state index < -0.39 is 53.8 Å². The Hall–Kier alpha value is -2.82. The number of alkyl halides is 6. The highest BCUT2D eigenvalue weighted by Gasteiger charge is 2.57. The molecule has 1 aliphatic rings. The summed E-state index contributed by atoms with van der Waals surface area (Å²) >= 11 is 0. The van der Waals surface area contributed by atoms with E-state index in [1.165, 1.54) is 24.3 Å². The molecule has 0 bridgehead atoms. The summed E-state index contributed by atoms with van der Waals surface area (Å²) in [6.07, 6.45) is -10.5. The van der Waals surface area contributed by atoms with Crippen LogP contribution in [0.2, 0.25) is 0 Å². The van der Waals surface area contributed by atoms with E-state index in [9.17, 15) is 40.6 Å². The van der Waals surface area contributed by atoms with E-state index in [1.807, 2.05) is 0 Å². The van der Waals surface area contributed by atoms with Crippen molar-refractivity contribution in [2.45, 2.75) is 42.8 Å². The molecule has 1 aliphatic carbocycles. The van der Waals surface area contributed by atoms with Crippen molar-refractivity contribution in [2.24, 2.45) is 0 Å². The van der Waals surface area contributed by atoms with Crippen LogP contribution >= 0.6 is 0 Å². The molecule has 2 N–H and O–H groups in total. The predicted molar refractivity (Wildman–Crippen MR) is 98.0 cm³/mol. The number of rotatable bonds is 7. The molecule has 32 heavy (non-hydrogen) atoms. The van der Waals surface area contributed by atoms with Gasteiger partial charge in [0.15, 0.2) is 12.2 Å². The number of hydrogen-bond donors (Lipinski definition) is 2. The first-order chi connectivity index (χ1) is 14.7. The Balaban J connectivity index is 1.77. The molecule has 0 aliphatic heterocycles. The van der Waals surface area contributed by atoms with Crippen LogP contribution in [0.1, 0.15) is 30.4 Å². The van der Waals surface area contributed by atoms with Gasteiger partial charge in [-0.2, -0.15) is 26.3 Å². The minimum atomic E-state index is -5.23. The quantitative estimate of drug-likeness (QED) is 0.583. The molecule has 0 spiro atoms. The first-order valence-corrected chi connectivity index (χ1v) is 9.40. The van der Waals surface area contributed by atoms with Gasteiger partial charge in [0.1, 0.15) is 11.6 Å². The van der Waals surface area contributed by atoms with Gasteiger partial charge in [-0.3, -0.25) is 4.79 Å². The average Bonchev–Trinajstić information content (AvgIpc) is 3.46. The highest BCUT2D eigenvalue weighted by molar-refractivity contribution is 5.79. The monoisotopic (exact) mass is 465 g/mol. The lowest BCUT2D eigenvalue weighted by Crippen LogP contribution is -2.47. The first-order valence-electron chi connectivity index (χ1n) is 9.40. The second-order valence-corrected chi connectivity index (χ2v) is 7.60. The summed E-state index contributed by atoms with van der Waals surface area (Å²) in [6, 6.07) is 8.41. The summed E-state index contributed by atoms with van der Waals surface area (Å²) in [7, 11) is 0. The van der Waals surface area contributed by atoms with E-state index in [0.717, 1.165) is 24.3 Å². The van der Waals surface area contributed by atoms with E-state index >= 15 is 0 Å². The van der Waals surface area contributed by atoms with Crippen LogP contribution in [0.3, 0.4) is 0 Å². The zero-order valence-corrected chi connectivity index (χ0v) is 16.4. The van der Waals surface area contributed by atoms with E-state index in [-0.39, 0.29) is 5.75 Å².